The smallest absolute Gasteiger partial charge is 0.237 e. The third kappa shape index (κ3) is 4.99. The summed E-state index contributed by atoms with van der Waals surface area (Å²) in [6.07, 6.45) is 1.59. The van der Waals surface area contributed by atoms with Crippen LogP contribution in [0.3, 0.4) is 0 Å². The number of carbonyl (C=O) groups excluding carboxylic acids is 2. The summed E-state index contributed by atoms with van der Waals surface area (Å²) in [5.41, 5.74) is 5.38. The Balaban J connectivity index is 2.48. The number of rotatable bonds is 2. The number of nitrogens with two attached hydrogens (primary N) is 1. The maximum absolute atomic E-state index is 12.2. The number of carbonyl (C=O) groups is 2. The lowest BCUT2D eigenvalue weighted by molar-refractivity contribution is -0.140. The molecule has 0 aromatic rings. The van der Waals surface area contributed by atoms with Gasteiger partial charge < -0.3 is 16.0 Å². The van der Waals surface area contributed by atoms with E-state index in [1.807, 2.05) is 46.4 Å². The minimum atomic E-state index is -0.508. The van der Waals surface area contributed by atoms with Gasteiger partial charge in [-0.2, -0.15) is 0 Å². The van der Waals surface area contributed by atoms with Gasteiger partial charge in [-0.3, -0.25) is 9.59 Å². The van der Waals surface area contributed by atoms with Crippen LogP contribution < -0.4 is 11.1 Å². The standard InChI is InChI=1S/C16H31N3O2/c1-15(2,3)12(17)13(20)18-11-7-9-19(10-8-11)14(21)16(4,5)6/h11-12H,7-10,17H2,1-6H3,(H,18,20)/t12-/m1/s1. The number of nitrogens with one attached hydrogen (secondary N) is 1. The highest BCUT2D eigenvalue weighted by Gasteiger charge is 2.32. The second kappa shape index (κ2) is 6.34. The minimum Gasteiger partial charge on any atom is -0.352 e. The fraction of sp³-hybridized carbons (Fsp3) is 0.875. The second-order valence-electron chi connectivity index (χ2n) is 8.17. The summed E-state index contributed by atoms with van der Waals surface area (Å²) in [7, 11) is 0. The van der Waals surface area contributed by atoms with Crippen molar-refractivity contribution in [3.63, 3.8) is 0 Å². The van der Waals surface area contributed by atoms with Gasteiger partial charge in [-0.1, -0.05) is 41.5 Å². The fourth-order valence-corrected chi connectivity index (χ4v) is 2.39. The van der Waals surface area contributed by atoms with Crippen LogP contribution in [0.5, 0.6) is 0 Å². The Morgan fingerprint density at radius 1 is 1.10 bits per heavy atom. The van der Waals surface area contributed by atoms with E-state index in [0.29, 0.717) is 13.1 Å². The SMILES string of the molecule is CC(C)(C)C(=O)N1CCC(NC(=O)[C@@H](N)C(C)(C)C)CC1. The van der Waals surface area contributed by atoms with Gasteiger partial charge in [0.1, 0.15) is 0 Å². The molecule has 21 heavy (non-hydrogen) atoms. The summed E-state index contributed by atoms with van der Waals surface area (Å²) in [6, 6.07) is -0.387. The Bertz CT molecular complexity index is 385. The number of hydrogen-bond donors (Lipinski definition) is 2. The second-order valence-corrected chi connectivity index (χ2v) is 8.17. The van der Waals surface area contributed by atoms with E-state index in [9.17, 15) is 9.59 Å². The van der Waals surface area contributed by atoms with E-state index >= 15 is 0 Å². The van der Waals surface area contributed by atoms with Crippen molar-refractivity contribution in [3.05, 3.63) is 0 Å². The average molecular weight is 297 g/mol. The third-order valence-corrected chi connectivity index (χ3v) is 3.99. The van der Waals surface area contributed by atoms with Gasteiger partial charge in [0.25, 0.3) is 0 Å². The average Bonchev–Trinajstić information content (AvgIpc) is 2.35. The molecule has 1 atom stereocenters. The molecule has 0 bridgehead atoms. The summed E-state index contributed by atoms with van der Waals surface area (Å²) < 4.78 is 0. The zero-order valence-corrected chi connectivity index (χ0v) is 14.3. The van der Waals surface area contributed by atoms with E-state index in [0.717, 1.165) is 12.8 Å². The lowest BCUT2D eigenvalue weighted by Gasteiger charge is -2.37. The van der Waals surface area contributed by atoms with Gasteiger partial charge in [0, 0.05) is 24.5 Å². The molecule has 1 fully saturated rings. The molecule has 0 aromatic carbocycles. The third-order valence-electron chi connectivity index (χ3n) is 3.99. The van der Waals surface area contributed by atoms with Crippen molar-refractivity contribution in [2.75, 3.05) is 13.1 Å². The van der Waals surface area contributed by atoms with Gasteiger partial charge in [-0.25, -0.2) is 0 Å². The van der Waals surface area contributed by atoms with Crippen molar-refractivity contribution in [2.24, 2.45) is 16.6 Å². The molecule has 0 spiro atoms. The molecule has 3 N–H and O–H groups in total. The Labute approximate surface area is 128 Å². The highest BCUT2D eigenvalue weighted by atomic mass is 16.2. The molecule has 5 heteroatoms. The molecule has 1 aliphatic rings. The number of nitrogens with zero attached hydrogens (tertiary/aromatic N) is 1. The van der Waals surface area contributed by atoms with Gasteiger partial charge in [0.2, 0.25) is 11.8 Å². The van der Waals surface area contributed by atoms with Crippen LogP contribution in [0.4, 0.5) is 0 Å². The zero-order valence-electron chi connectivity index (χ0n) is 14.3. The molecule has 0 unspecified atom stereocenters. The lowest BCUT2D eigenvalue weighted by atomic mass is 9.86. The maximum atomic E-state index is 12.2. The fourth-order valence-electron chi connectivity index (χ4n) is 2.39. The van der Waals surface area contributed by atoms with Gasteiger partial charge in [-0.15, -0.1) is 0 Å². The van der Waals surface area contributed by atoms with Crippen molar-refractivity contribution in [1.29, 1.82) is 0 Å². The largest absolute Gasteiger partial charge is 0.352 e. The van der Waals surface area contributed by atoms with Crippen LogP contribution in [-0.4, -0.2) is 41.9 Å². The van der Waals surface area contributed by atoms with Crippen molar-refractivity contribution in [1.82, 2.24) is 10.2 Å². The van der Waals surface area contributed by atoms with Crippen LogP contribution in [-0.2, 0) is 9.59 Å². The Morgan fingerprint density at radius 3 is 1.95 bits per heavy atom. The molecule has 0 radical (unpaired) electrons. The van der Waals surface area contributed by atoms with Crippen molar-refractivity contribution in [2.45, 2.75) is 66.5 Å². The van der Waals surface area contributed by atoms with E-state index < -0.39 is 6.04 Å². The molecule has 0 aliphatic carbocycles. The summed E-state index contributed by atoms with van der Waals surface area (Å²) in [5.74, 6) is 0.0850. The van der Waals surface area contributed by atoms with E-state index in [4.69, 9.17) is 5.73 Å². The van der Waals surface area contributed by atoms with Gasteiger partial charge in [-0.05, 0) is 18.3 Å². The van der Waals surface area contributed by atoms with Gasteiger partial charge in [0.15, 0.2) is 0 Å². The first-order valence-electron chi connectivity index (χ1n) is 7.78. The normalized spacial score (nSPS) is 19.3. The minimum absolute atomic E-state index is 0.0944. The van der Waals surface area contributed by atoms with Crippen LogP contribution in [0, 0.1) is 10.8 Å². The molecule has 122 valence electrons. The highest BCUT2D eigenvalue weighted by molar-refractivity contribution is 5.83. The molecular weight excluding hydrogens is 266 g/mol. The summed E-state index contributed by atoms with van der Waals surface area (Å²) in [6.45, 7) is 13.1. The molecule has 2 amide bonds. The van der Waals surface area contributed by atoms with Crippen LogP contribution >= 0.6 is 0 Å². The molecule has 1 rings (SSSR count). The van der Waals surface area contributed by atoms with E-state index in [1.54, 1.807) is 0 Å². The highest BCUT2D eigenvalue weighted by Crippen LogP contribution is 2.22. The van der Waals surface area contributed by atoms with Gasteiger partial charge in [0.05, 0.1) is 6.04 Å². The first-order chi connectivity index (χ1) is 9.43. The number of amides is 2. The Morgan fingerprint density at radius 2 is 1.57 bits per heavy atom. The Kier molecular flexibility index (Phi) is 5.42. The summed E-state index contributed by atoms with van der Waals surface area (Å²) in [5, 5.41) is 3.02. The number of piperidine rings is 1. The lowest BCUT2D eigenvalue weighted by Crippen LogP contribution is -2.54. The predicted molar refractivity (Wildman–Crippen MR) is 84.6 cm³/mol. The quantitative estimate of drug-likeness (QED) is 0.811. The molecule has 1 aliphatic heterocycles. The van der Waals surface area contributed by atoms with E-state index in [-0.39, 0.29) is 28.7 Å². The number of hydrogen-bond acceptors (Lipinski definition) is 3. The van der Waals surface area contributed by atoms with Crippen LogP contribution in [0.1, 0.15) is 54.4 Å². The van der Waals surface area contributed by atoms with Crippen molar-refractivity contribution < 1.29 is 9.59 Å². The molecule has 0 saturated carbocycles. The van der Waals surface area contributed by atoms with Crippen LogP contribution in [0.2, 0.25) is 0 Å². The van der Waals surface area contributed by atoms with Crippen LogP contribution in [0.25, 0.3) is 0 Å². The first kappa shape index (κ1) is 18.0. The molecule has 1 heterocycles. The first-order valence-corrected chi connectivity index (χ1v) is 7.78. The molecule has 5 nitrogen and oxygen atoms in total. The zero-order chi connectivity index (χ0) is 16.4. The molecule has 0 aromatic heterocycles. The van der Waals surface area contributed by atoms with Gasteiger partial charge >= 0.3 is 0 Å². The maximum Gasteiger partial charge on any atom is 0.237 e. The summed E-state index contributed by atoms with van der Waals surface area (Å²) >= 11 is 0. The number of likely N-dealkylation sites (tertiary alicyclic amines) is 1. The molecule has 1 saturated heterocycles. The van der Waals surface area contributed by atoms with E-state index in [2.05, 4.69) is 5.32 Å². The molecular formula is C16H31N3O2. The topological polar surface area (TPSA) is 75.4 Å². The monoisotopic (exact) mass is 297 g/mol. The summed E-state index contributed by atoms with van der Waals surface area (Å²) in [4.78, 5) is 26.2. The van der Waals surface area contributed by atoms with Crippen molar-refractivity contribution in [3.8, 4) is 0 Å². The van der Waals surface area contributed by atoms with E-state index in [1.165, 1.54) is 0 Å². The predicted octanol–water partition coefficient (Wildman–Crippen LogP) is 1.51. The van der Waals surface area contributed by atoms with Crippen LogP contribution in [0.15, 0.2) is 0 Å². The van der Waals surface area contributed by atoms with Crippen molar-refractivity contribution >= 4 is 11.8 Å². The Hall–Kier alpha value is -1.10.